The third-order valence-corrected chi connectivity index (χ3v) is 5.80. The minimum absolute atomic E-state index is 0. The molecular formula is C20H43IN6. The smallest absolute Gasteiger partial charge is 0.191 e. The highest BCUT2D eigenvalue weighted by Gasteiger charge is 2.23. The fourth-order valence-electron chi connectivity index (χ4n) is 4.13. The molecule has 2 rings (SSSR count). The van der Waals surface area contributed by atoms with Gasteiger partial charge in [0.05, 0.1) is 0 Å². The normalized spacial score (nSPS) is 23.9. The van der Waals surface area contributed by atoms with Gasteiger partial charge in [-0.2, -0.15) is 0 Å². The standard InChI is InChI=1S/C20H42N6.HI/c1-5-21-20(23-16-19-9-8-10-26(19)7-3)22-15-18(4)17-25-13-11-24(6-2)12-14-25;/h18-19H,5-17H2,1-4H3,(H2,21,22,23);1H. The molecule has 0 saturated carbocycles. The molecule has 2 unspecified atom stereocenters. The summed E-state index contributed by atoms with van der Waals surface area (Å²) in [5.41, 5.74) is 0. The molecule has 0 aromatic heterocycles. The Morgan fingerprint density at radius 2 is 1.70 bits per heavy atom. The number of hydrogen-bond donors (Lipinski definition) is 2. The van der Waals surface area contributed by atoms with Crippen molar-refractivity contribution in [2.24, 2.45) is 10.9 Å². The summed E-state index contributed by atoms with van der Waals surface area (Å²) < 4.78 is 0. The van der Waals surface area contributed by atoms with Gasteiger partial charge in [0.25, 0.3) is 0 Å². The van der Waals surface area contributed by atoms with Gasteiger partial charge in [0.15, 0.2) is 5.96 Å². The number of rotatable bonds is 9. The van der Waals surface area contributed by atoms with E-state index >= 15 is 0 Å². The Morgan fingerprint density at radius 3 is 2.33 bits per heavy atom. The van der Waals surface area contributed by atoms with Gasteiger partial charge < -0.3 is 20.4 Å². The first-order chi connectivity index (χ1) is 12.7. The van der Waals surface area contributed by atoms with Gasteiger partial charge in [-0.05, 0) is 45.3 Å². The van der Waals surface area contributed by atoms with E-state index in [9.17, 15) is 0 Å². The van der Waals surface area contributed by atoms with E-state index in [0.29, 0.717) is 12.0 Å². The Bertz CT molecular complexity index is 411. The average molecular weight is 495 g/mol. The van der Waals surface area contributed by atoms with E-state index in [0.717, 1.165) is 38.7 Å². The van der Waals surface area contributed by atoms with Crippen LogP contribution in [-0.2, 0) is 0 Å². The molecule has 2 saturated heterocycles. The van der Waals surface area contributed by atoms with Crippen LogP contribution in [0.15, 0.2) is 4.99 Å². The predicted molar refractivity (Wildman–Crippen MR) is 127 cm³/mol. The van der Waals surface area contributed by atoms with Gasteiger partial charge in [-0.15, -0.1) is 24.0 Å². The zero-order valence-electron chi connectivity index (χ0n) is 18.0. The van der Waals surface area contributed by atoms with Crippen molar-refractivity contribution in [2.45, 2.75) is 46.6 Å². The lowest BCUT2D eigenvalue weighted by Crippen LogP contribution is -2.47. The molecule has 160 valence electrons. The summed E-state index contributed by atoms with van der Waals surface area (Å²) in [5, 5.41) is 6.99. The average Bonchev–Trinajstić information content (AvgIpc) is 3.12. The highest BCUT2D eigenvalue weighted by molar-refractivity contribution is 14.0. The molecule has 0 aromatic rings. The van der Waals surface area contributed by atoms with Crippen molar-refractivity contribution in [1.29, 1.82) is 0 Å². The molecule has 2 atom stereocenters. The molecule has 0 spiro atoms. The first-order valence-corrected chi connectivity index (χ1v) is 10.9. The van der Waals surface area contributed by atoms with Crippen LogP contribution in [-0.4, -0.2) is 98.7 Å². The molecule has 0 amide bonds. The van der Waals surface area contributed by atoms with Crippen molar-refractivity contribution in [3.05, 3.63) is 0 Å². The number of likely N-dealkylation sites (tertiary alicyclic amines) is 1. The first-order valence-electron chi connectivity index (χ1n) is 10.9. The molecule has 0 aliphatic carbocycles. The van der Waals surface area contributed by atoms with E-state index in [4.69, 9.17) is 4.99 Å². The SMILES string of the molecule is CCNC(=NCC(C)CN1CCN(CC)CC1)NCC1CCCN1CC.I. The van der Waals surface area contributed by atoms with Gasteiger partial charge in [0.1, 0.15) is 0 Å². The van der Waals surface area contributed by atoms with Gasteiger partial charge >= 0.3 is 0 Å². The van der Waals surface area contributed by atoms with Crippen molar-refractivity contribution >= 4 is 29.9 Å². The number of hydrogen-bond acceptors (Lipinski definition) is 4. The number of piperazine rings is 1. The second-order valence-electron chi connectivity index (χ2n) is 7.87. The summed E-state index contributed by atoms with van der Waals surface area (Å²) in [7, 11) is 0. The maximum absolute atomic E-state index is 4.86. The van der Waals surface area contributed by atoms with Gasteiger partial charge in [-0.3, -0.25) is 9.89 Å². The molecule has 6 nitrogen and oxygen atoms in total. The fraction of sp³-hybridized carbons (Fsp3) is 0.950. The summed E-state index contributed by atoms with van der Waals surface area (Å²) in [4.78, 5) is 12.6. The van der Waals surface area contributed by atoms with Crippen molar-refractivity contribution in [3.8, 4) is 0 Å². The van der Waals surface area contributed by atoms with E-state index < -0.39 is 0 Å². The third kappa shape index (κ3) is 8.83. The molecule has 2 heterocycles. The van der Waals surface area contributed by atoms with Crippen LogP contribution in [0.5, 0.6) is 0 Å². The molecule has 2 aliphatic rings. The second-order valence-corrected chi connectivity index (χ2v) is 7.87. The van der Waals surface area contributed by atoms with Gasteiger partial charge in [-0.25, -0.2) is 0 Å². The molecule has 27 heavy (non-hydrogen) atoms. The highest BCUT2D eigenvalue weighted by atomic mass is 127. The number of guanidine groups is 1. The van der Waals surface area contributed by atoms with E-state index in [1.54, 1.807) is 0 Å². The summed E-state index contributed by atoms with van der Waals surface area (Å²) in [6.45, 7) is 21.4. The van der Waals surface area contributed by atoms with Crippen LogP contribution in [0.25, 0.3) is 0 Å². The lowest BCUT2D eigenvalue weighted by molar-refractivity contribution is 0.125. The van der Waals surface area contributed by atoms with Crippen LogP contribution in [0.3, 0.4) is 0 Å². The molecule has 2 fully saturated rings. The fourth-order valence-corrected chi connectivity index (χ4v) is 4.13. The molecule has 0 aromatic carbocycles. The van der Waals surface area contributed by atoms with Gasteiger partial charge in [-0.1, -0.05) is 20.8 Å². The topological polar surface area (TPSA) is 46.1 Å². The molecule has 2 aliphatic heterocycles. The van der Waals surface area contributed by atoms with Crippen molar-refractivity contribution in [1.82, 2.24) is 25.3 Å². The van der Waals surface area contributed by atoms with Crippen LogP contribution in [0.1, 0.15) is 40.5 Å². The quantitative estimate of drug-likeness (QED) is 0.292. The Labute approximate surface area is 184 Å². The predicted octanol–water partition coefficient (Wildman–Crippen LogP) is 1.92. The third-order valence-electron chi connectivity index (χ3n) is 5.80. The number of nitrogens with zero attached hydrogens (tertiary/aromatic N) is 4. The van der Waals surface area contributed by atoms with Crippen LogP contribution >= 0.6 is 24.0 Å². The lowest BCUT2D eigenvalue weighted by Gasteiger charge is -2.35. The molecule has 0 radical (unpaired) electrons. The van der Waals surface area contributed by atoms with Crippen molar-refractivity contribution in [2.75, 3.05) is 72.0 Å². The largest absolute Gasteiger partial charge is 0.357 e. The summed E-state index contributed by atoms with van der Waals surface area (Å²) in [6, 6.07) is 0.663. The number of halogens is 1. The minimum atomic E-state index is 0. The van der Waals surface area contributed by atoms with E-state index in [1.165, 1.54) is 52.1 Å². The van der Waals surface area contributed by atoms with Crippen molar-refractivity contribution in [3.63, 3.8) is 0 Å². The summed E-state index contributed by atoms with van der Waals surface area (Å²) in [6.07, 6.45) is 2.64. The van der Waals surface area contributed by atoms with E-state index in [-0.39, 0.29) is 24.0 Å². The molecule has 0 bridgehead atoms. The molecular weight excluding hydrogens is 451 g/mol. The van der Waals surface area contributed by atoms with Gasteiger partial charge in [0.2, 0.25) is 0 Å². The monoisotopic (exact) mass is 494 g/mol. The maximum Gasteiger partial charge on any atom is 0.191 e. The Kier molecular flexibility index (Phi) is 12.9. The maximum atomic E-state index is 4.86. The lowest BCUT2D eigenvalue weighted by atomic mass is 10.1. The molecule has 2 N–H and O–H groups in total. The van der Waals surface area contributed by atoms with E-state index in [1.807, 2.05) is 0 Å². The summed E-state index contributed by atoms with van der Waals surface area (Å²) >= 11 is 0. The Hall–Kier alpha value is -0.120. The van der Waals surface area contributed by atoms with Crippen LogP contribution < -0.4 is 10.6 Å². The van der Waals surface area contributed by atoms with Crippen LogP contribution in [0.4, 0.5) is 0 Å². The zero-order valence-corrected chi connectivity index (χ0v) is 20.4. The van der Waals surface area contributed by atoms with Crippen LogP contribution in [0.2, 0.25) is 0 Å². The van der Waals surface area contributed by atoms with E-state index in [2.05, 4.69) is 53.0 Å². The number of aliphatic imine (C=N–C) groups is 1. The Balaban J connectivity index is 0.00000364. The number of likely N-dealkylation sites (N-methyl/N-ethyl adjacent to an activating group) is 2. The van der Waals surface area contributed by atoms with Crippen LogP contribution in [0, 0.1) is 5.92 Å². The molecule has 7 heteroatoms. The second kappa shape index (κ2) is 14.0. The number of nitrogens with one attached hydrogen (secondary N) is 2. The first kappa shape index (κ1) is 24.9. The van der Waals surface area contributed by atoms with Gasteiger partial charge in [0, 0.05) is 58.4 Å². The van der Waals surface area contributed by atoms with Crippen molar-refractivity contribution < 1.29 is 0 Å². The highest BCUT2D eigenvalue weighted by Crippen LogP contribution is 2.15. The minimum Gasteiger partial charge on any atom is -0.357 e. The Morgan fingerprint density at radius 1 is 1.00 bits per heavy atom. The zero-order chi connectivity index (χ0) is 18.8. The summed E-state index contributed by atoms with van der Waals surface area (Å²) in [5.74, 6) is 1.58.